The normalized spacial score (nSPS) is 11.8. The largest absolute Gasteiger partial charge is 0.530 e. The van der Waals surface area contributed by atoms with E-state index in [0.717, 1.165) is 5.56 Å². The monoisotopic (exact) mass is 492 g/mol. The fraction of sp³-hybridized carbons (Fsp3) is 0.160. The van der Waals surface area contributed by atoms with E-state index in [1.54, 1.807) is 24.3 Å². The molecule has 0 saturated heterocycles. The first-order chi connectivity index (χ1) is 17.4. The van der Waals surface area contributed by atoms with Gasteiger partial charge in [-0.3, -0.25) is 4.79 Å². The molecule has 6 N–H and O–H groups in total. The summed E-state index contributed by atoms with van der Waals surface area (Å²) in [6.45, 7) is 0.247. The number of carbonyl (C=O) groups excluding carboxylic acids is 2. The summed E-state index contributed by atoms with van der Waals surface area (Å²) in [5.41, 5.74) is 7.83. The predicted molar refractivity (Wildman–Crippen MR) is 132 cm³/mol. The molecule has 0 fully saturated rings. The number of rotatable bonds is 10. The molecule has 3 aromatic rings. The van der Waals surface area contributed by atoms with E-state index in [1.165, 1.54) is 26.4 Å². The molecular formula is C25H26N5O6-. The highest BCUT2D eigenvalue weighted by molar-refractivity contribution is 5.97. The van der Waals surface area contributed by atoms with E-state index < -0.39 is 18.0 Å². The van der Waals surface area contributed by atoms with Crippen LogP contribution >= 0.6 is 0 Å². The number of amidine groups is 1. The summed E-state index contributed by atoms with van der Waals surface area (Å²) in [5, 5.41) is 31.5. The van der Waals surface area contributed by atoms with Gasteiger partial charge in [-0.2, -0.15) is 0 Å². The Labute approximate surface area is 207 Å². The second-order valence-electron chi connectivity index (χ2n) is 7.55. The molecule has 0 aliphatic heterocycles. The first-order valence-corrected chi connectivity index (χ1v) is 10.8. The first kappa shape index (κ1) is 25.7. The summed E-state index contributed by atoms with van der Waals surface area (Å²) in [5.74, 6) is 0.0462. The molecule has 188 valence electrons. The lowest BCUT2D eigenvalue weighted by molar-refractivity contribution is -0.242. The van der Waals surface area contributed by atoms with E-state index in [2.05, 4.69) is 21.1 Å². The Balaban J connectivity index is 2.02. The van der Waals surface area contributed by atoms with Crippen LogP contribution in [0.1, 0.15) is 22.7 Å². The third kappa shape index (κ3) is 6.35. The minimum absolute atomic E-state index is 0.0703. The minimum Gasteiger partial charge on any atom is -0.530 e. The van der Waals surface area contributed by atoms with Crippen molar-refractivity contribution in [3.63, 3.8) is 0 Å². The Morgan fingerprint density at radius 1 is 1.03 bits per heavy atom. The van der Waals surface area contributed by atoms with Gasteiger partial charge in [-0.05, 0) is 35.9 Å². The summed E-state index contributed by atoms with van der Waals surface area (Å²) in [6, 6.07) is 17.7. The maximum absolute atomic E-state index is 13.4. The smallest absolute Gasteiger partial charge is 0.247 e. The van der Waals surface area contributed by atoms with Crippen molar-refractivity contribution < 1.29 is 29.4 Å². The average molecular weight is 493 g/mol. The molecule has 0 saturated carbocycles. The Morgan fingerprint density at radius 3 is 2.25 bits per heavy atom. The number of nitrogens with two attached hydrogens (primary N) is 1. The molecule has 36 heavy (non-hydrogen) atoms. The van der Waals surface area contributed by atoms with E-state index in [0.29, 0.717) is 17.0 Å². The lowest BCUT2D eigenvalue weighted by Crippen LogP contribution is -2.35. The van der Waals surface area contributed by atoms with Crippen LogP contribution in [-0.2, 0) is 11.3 Å². The summed E-state index contributed by atoms with van der Waals surface area (Å²) in [7, 11) is 2.84. The summed E-state index contributed by atoms with van der Waals surface area (Å²) in [4.78, 5) is 24.8. The quantitative estimate of drug-likeness (QED) is 0.124. The van der Waals surface area contributed by atoms with E-state index >= 15 is 0 Å². The number of hydrogen-bond acceptors (Lipinski definition) is 8. The van der Waals surface area contributed by atoms with Crippen molar-refractivity contribution in [3.8, 4) is 11.5 Å². The van der Waals surface area contributed by atoms with Crippen molar-refractivity contribution in [1.29, 1.82) is 0 Å². The highest BCUT2D eigenvalue weighted by atomic mass is 16.5. The fourth-order valence-electron chi connectivity index (χ4n) is 3.49. The summed E-state index contributed by atoms with van der Waals surface area (Å²) < 4.78 is 10.7. The number of oxime groups is 1. The average Bonchev–Trinajstić information content (AvgIpc) is 2.90. The van der Waals surface area contributed by atoms with Crippen LogP contribution in [0.15, 0.2) is 71.9 Å². The number of nitrogens with one attached hydrogen (secondary N) is 3. The molecule has 0 heterocycles. The zero-order valence-corrected chi connectivity index (χ0v) is 19.6. The van der Waals surface area contributed by atoms with Crippen LogP contribution in [0.25, 0.3) is 0 Å². The zero-order valence-electron chi connectivity index (χ0n) is 19.6. The van der Waals surface area contributed by atoms with E-state index in [-0.39, 0.29) is 29.4 Å². The Hall–Kier alpha value is -4.93. The second-order valence-corrected chi connectivity index (χ2v) is 7.55. The van der Waals surface area contributed by atoms with Crippen molar-refractivity contribution in [2.24, 2.45) is 10.9 Å². The van der Waals surface area contributed by atoms with Crippen LogP contribution in [-0.4, -0.2) is 37.3 Å². The minimum atomic E-state index is -1.56. The number of carbonyl (C=O) groups is 2. The number of hydrogen-bond donors (Lipinski definition) is 5. The van der Waals surface area contributed by atoms with Crippen molar-refractivity contribution >= 4 is 29.2 Å². The van der Waals surface area contributed by atoms with E-state index in [4.69, 9.17) is 20.4 Å². The van der Waals surface area contributed by atoms with Crippen LogP contribution in [0.2, 0.25) is 0 Å². The molecule has 1 unspecified atom stereocenters. The zero-order chi connectivity index (χ0) is 26.1. The molecule has 0 spiro atoms. The number of benzene rings is 3. The lowest BCUT2D eigenvalue weighted by atomic mass is 10.0. The number of carboxylic acid groups (broad SMARTS) is 1. The SMILES string of the molecule is COc1cc(NC(=O)[O-])c(C(Nc2ccc(/C(N)=N\O)cc2)C(=O)NCc2ccccc2)cc1OC. The number of nitrogens with zero attached hydrogens (tertiary/aromatic N) is 1. The number of methoxy groups -OCH3 is 2. The van der Waals surface area contributed by atoms with Gasteiger partial charge in [0.15, 0.2) is 17.3 Å². The summed E-state index contributed by atoms with van der Waals surface area (Å²) in [6.07, 6.45) is -1.56. The van der Waals surface area contributed by atoms with Gasteiger partial charge in [0, 0.05) is 35.1 Å². The predicted octanol–water partition coefficient (Wildman–Crippen LogP) is 2.02. The molecule has 11 nitrogen and oxygen atoms in total. The lowest BCUT2D eigenvalue weighted by Gasteiger charge is -2.24. The van der Waals surface area contributed by atoms with Crippen molar-refractivity contribution in [3.05, 3.63) is 83.4 Å². The molecule has 1 atom stereocenters. The molecule has 2 amide bonds. The van der Waals surface area contributed by atoms with Crippen molar-refractivity contribution in [2.45, 2.75) is 12.6 Å². The molecule has 0 aliphatic rings. The van der Waals surface area contributed by atoms with Gasteiger partial charge in [-0.1, -0.05) is 35.5 Å². The summed E-state index contributed by atoms with van der Waals surface area (Å²) >= 11 is 0. The van der Waals surface area contributed by atoms with Gasteiger partial charge in [-0.25, -0.2) is 0 Å². The van der Waals surface area contributed by atoms with Gasteiger partial charge in [0.2, 0.25) is 5.91 Å². The standard InChI is InChI=1S/C25H27N5O6/c1-35-20-12-18(19(29-25(32)33)13-21(20)36-2)22(24(31)27-14-15-6-4-3-5-7-15)28-17-10-8-16(9-11-17)23(26)30-34/h3-13,22,28-29,34H,14H2,1-2H3,(H2,26,30)(H,27,31)(H,32,33)/p-1. The molecule has 0 bridgehead atoms. The molecule has 11 heteroatoms. The van der Waals surface area contributed by atoms with E-state index in [9.17, 15) is 14.7 Å². The van der Waals surface area contributed by atoms with Crippen LogP contribution in [0.5, 0.6) is 11.5 Å². The third-order valence-electron chi connectivity index (χ3n) is 5.27. The number of ether oxygens (including phenoxy) is 2. The van der Waals surface area contributed by atoms with Gasteiger partial charge in [0.25, 0.3) is 0 Å². The molecule has 3 rings (SSSR count). The molecular weight excluding hydrogens is 466 g/mol. The second kappa shape index (κ2) is 12.0. The maximum Gasteiger partial charge on any atom is 0.247 e. The van der Waals surface area contributed by atoms with Crippen LogP contribution in [0, 0.1) is 0 Å². The topological polar surface area (TPSA) is 170 Å². The maximum atomic E-state index is 13.4. The first-order valence-electron chi connectivity index (χ1n) is 10.8. The van der Waals surface area contributed by atoms with Crippen LogP contribution in [0.3, 0.4) is 0 Å². The van der Waals surface area contributed by atoms with Crippen LogP contribution in [0.4, 0.5) is 16.2 Å². The highest BCUT2D eigenvalue weighted by Crippen LogP contribution is 2.37. The van der Waals surface area contributed by atoms with Gasteiger partial charge in [0.1, 0.15) is 12.1 Å². The van der Waals surface area contributed by atoms with Crippen molar-refractivity contribution in [2.75, 3.05) is 24.9 Å². The molecule has 3 aromatic carbocycles. The van der Waals surface area contributed by atoms with Gasteiger partial charge >= 0.3 is 0 Å². The van der Waals surface area contributed by atoms with Crippen LogP contribution < -0.4 is 36.3 Å². The molecule has 0 aliphatic carbocycles. The number of amides is 2. The number of anilines is 2. The molecule has 0 aromatic heterocycles. The van der Waals surface area contributed by atoms with Gasteiger partial charge < -0.3 is 46.3 Å². The van der Waals surface area contributed by atoms with Gasteiger partial charge in [0.05, 0.1) is 14.2 Å². The Bertz CT molecular complexity index is 1230. The van der Waals surface area contributed by atoms with Gasteiger partial charge in [-0.15, -0.1) is 0 Å². The highest BCUT2D eigenvalue weighted by Gasteiger charge is 2.26. The Morgan fingerprint density at radius 2 is 1.67 bits per heavy atom. The van der Waals surface area contributed by atoms with E-state index in [1.807, 2.05) is 30.3 Å². The van der Waals surface area contributed by atoms with Crippen molar-refractivity contribution in [1.82, 2.24) is 5.32 Å². The third-order valence-corrected chi connectivity index (χ3v) is 5.27. The molecule has 0 radical (unpaired) electrons. The fourth-order valence-corrected chi connectivity index (χ4v) is 3.49. The Kier molecular flexibility index (Phi) is 8.54.